The normalized spacial score (nSPS) is 10.6. The molecule has 0 spiro atoms. The van der Waals surface area contributed by atoms with Crippen molar-refractivity contribution < 1.29 is 4.79 Å². The van der Waals surface area contributed by atoms with Crippen LogP contribution < -0.4 is 11.1 Å². The van der Waals surface area contributed by atoms with E-state index in [1.165, 1.54) is 38.5 Å². The molecule has 0 atom stereocenters. The number of nitrogens with one attached hydrogen (secondary N) is 1. The number of halogens is 1. The van der Waals surface area contributed by atoms with Gasteiger partial charge in [-0.2, -0.15) is 0 Å². The molecule has 0 bridgehead atoms. The highest BCUT2D eigenvalue weighted by molar-refractivity contribution is 6.36. The maximum atomic E-state index is 12.0. The molecule has 1 rings (SSSR count). The molecule has 0 aliphatic rings. The number of unbranched alkanes of at least 4 members (excludes halogenated alkanes) is 7. The number of anilines is 1. The Bertz CT molecular complexity index is 435. The summed E-state index contributed by atoms with van der Waals surface area (Å²) in [6, 6.07) is 5.13. The monoisotopic (exact) mass is 310 g/mol. The lowest BCUT2D eigenvalue weighted by atomic mass is 10.1. The standard InChI is InChI=1S/C17H27ClN2O/c1-2-3-4-5-6-7-8-9-13-20-17(21)14-11-10-12-15(19)16(14)18/h10-12H,2-9,13,19H2,1H3,(H,20,21). The zero-order valence-corrected chi connectivity index (χ0v) is 13.7. The third kappa shape index (κ3) is 6.85. The summed E-state index contributed by atoms with van der Waals surface area (Å²) in [6.45, 7) is 2.92. The number of hydrogen-bond donors (Lipinski definition) is 2. The second-order valence-corrected chi connectivity index (χ2v) is 5.82. The summed E-state index contributed by atoms with van der Waals surface area (Å²) in [6.07, 6.45) is 10.0. The van der Waals surface area contributed by atoms with Crippen LogP contribution >= 0.6 is 11.6 Å². The Hall–Kier alpha value is -1.22. The number of rotatable bonds is 10. The van der Waals surface area contributed by atoms with Crippen LogP contribution in [0.25, 0.3) is 0 Å². The number of hydrogen-bond acceptors (Lipinski definition) is 2. The maximum absolute atomic E-state index is 12.0. The van der Waals surface area contributed by atoms with E-state index < -0.39 is 0 Å². The number of nitrogen functional groups attached to an aromatic ring is 1. The SMILES string of the molecule is CCCCCCCCCCNC(=O)c1cccc(N)c1Cl. The Morgan fingerprint density at radius 3 is 2.38 bits per heavy atom. The van der Waals surface area contributed by atoms with Crippen molar-refractivity contribution in [2.75, 3.05) is 12.3 Å². The summed E-state index contributed by atoms with van der Waals surface area (Å²) in [4.78, 5) is 12.0. The van der Waals surface area contributed by atoms with Gasteiger partial charge in [0.05, 0.1) is 16.3 Å². The fourth-order valence-corrected chi connectivity index (χ4v) is 2.49. The van der Waals surface area contributed by atoms with Crippen LogP contribution in [0.1, 0.15) is 68.6 Å². The van der Waals surface area contributed by atoms with E-state index in [0.717, 1.165) is 12.8 Å². The van der Waals surface area contributed by atoms with Crippen molar-refractivity contribution in [1.82, 2.24) is 5.32 Å². The molecule has 0 heterocycles. The number of amides is 1. The minimum Gasteiger partial charge on any atom is -0.398 e. The lowest BCUT2D eigenvalue weighted by Crippen LogP contribution is -2.24. The van der Waals surface area contributed by atoms with Gasteiger partial charge in [0, 0.05) is 6.54 Å². The third-order valence-electron chi connectivity index (χ3n) is 3.59. The fraction of sp³-hybridized carbons (Fsp3) is 0.588. The molecule has 0 unspecified atom stereocenters. The topological polar surface area (TPSA) is 55.1 Å². The largest absolute Gasteiger partial charge is 0.398 e. The lowest BCUT2D eigenvalue weighted by Gasteiger charge is -2.08. The van der Waals surface area contributed by atoms with Gasteiger partial charge in [-0.05, 0) is 18.6 Å². The molecule has 118 valence electrons. The van der Waals surface area contributed by atoms with Gasteiger partial charge >= 0.3 is 0 Å². The molecule has 3 nitrogen and oxygen atoms in total. The Labute approximate surface area is 133 Å². The summed E-state index contributed by atoms with van der Waals surface area (Å²) in [5.74, 6) is -0.143. The molecule has 0 fully saturated rings. The van der Waals surface area contributed by atoms with Crippen LogP contribution in [0.15, 0.2) is 18.2 Å². The first-order valence-electron chi connectivity index (χ1n) is 7.99. The molecule has 0 saturated carbocycles. The predicted molar refractivity (Wildman–Crippen MR) is 90.8 cm³/mol. The van der Waals surface area contributed by atoms with Crippen LogP contribution in [0, 0.1) is 0 Å². The first-order chi connectivity index (χ1) is 10.2. The zero-order valence-electron chi connectivity index (χ0n) is 13.0. The average Bonchev–Trinajstić information content (AvgIpc) is 2.48. The zero-order chi connectivity index (χ0) is 15.5. The molecule has 0 aromatic heterocycles. The van der Waals surface area contributed by atoms with Crippen LogP contribution in [0.5, 0.6) is 0 Å². The Balaban J connectivity index is 2.13. The van der Waals surface area contributed by atoms with E-state index in [1.807, 2.05) is 0 Å². The maximum Gasteiger partial charge on any atom is 0.252 e. The molecule has 0 aliphatic heterocycles. The molecule has 0 saturated heterocycles. The average molecular weight is 311 g/mol. The lowest BCUT2D eigenvalue weighted by molar-refractivity contribution is 0.0953. The van der Waals surface area contributed by atoms with E-state index in [2.05, 4.69) is 12.2 Å². The van der Waals surface area contributed by atoms with Gasteiger partial charge in [-0.3, -0.25) is 4.79 Å². The van der Waals surface area contributed by atoms with Gasteiger partial charge < -0.3 is 11.1 Å². The van der Waals surface area contributed by atoms with Crippen molar-refractivity contribution in [2.24, 2.45) is 0 Å². The van der Waals surface area contributed by atoms with Crippen LogP contribution in [0.2, 0.25) is 5.02 Å². The number of carbonyl (C=O) groups is 1. The van der Waals surface area contributed by atoms with Crippen LogP contribution in [0.3, 0.4) is 0 Å². The first-order valence-corrected chi connectivity index (χ1v) is 8.36. The van der Waals surface area contributed by atoms with Gasteiger partial charge in [0.2, 0.25) is 0 Å². The Morgan fingerprint density at radius 2 is 1.71 bits per heavy atom. The highest BCUT2D eigenvalue weighted by atomic mass is 35.5. The molecule has 3 N–H and O–H groups in total. The number of nitrogens with two attached hydrogens (primary N) is 1. The molecule has 0 radical (unpaired) electrons. The Morgan fingerprint density at radius 1 is 1.10 bits per heavy atom. The van der Waals surface area contributed by atoms with E-state index >= 15 is 0 Å². The van der Waals surface area contributed by atoms with Gasteiger partial charge in [0.15, 0.2) is 0 Å². The predicted octanol–water partition coefficient (Wildman–Crippen LogP) is 4.79. The van der Waals surface area contributed by atoms with Gasteiger partial charge in [0.1, 0.15) is 0 Å². The van der Waals surface area contributed by atoms with Gasteiger partial charge in [-0.15, -0.1) is 0 Å². The molecular formula is C17H27ClN2O. The molecular weight excluding hydrogens is 284 g/mol. The quantitative estimate of drug-likeness (QED) is 0.482. The van der Waals surface area contributed by atoms with Crippen molar-refractivity contribution in [1.29, 1.82) is 0 Å². The second kappa shape index (κ2) is 10.5. The van der Waals surface area contributed by atoms with Crippen molar-refractivity contribution in [3.05, 3.63) is 28.8 Å². The first kappa shape index (κ1) is 17.8. The summed E-state index contributed by atoms with van der Waals surface area (Å²) >= 11 is 6.03. The number of benzene rings is 1. The molecule has 1 aromatic rings. The van der Waals surface area contributed by atoms with E-state index in [1.54, 1.807) is 18.2 Å². The van der Waals surface area contributed by atoms with Crippen LogP contribution in [0.4, 0.5) is 5.69 Å². The minimum absolute atomic E-state index is 0.143. The molecule has 21 heavy (non-hydrogen) atoms. The van der Waals surface area contributed by atoms with E-state index in [-0.39, 0.29) is 5.91 Å². The van der Waals surface area contributed by atoms with Gasteiger partial charge in [-0.1, -0.05) is 69.5 Å². The van der Waals surface area contributed by atoms with Crippen molar-refractivity contribution in [3.8, 4) is 0 Å². The molecule has 1 amide bonds. The minimum atomic E-state index is -0.143. The van der Waals surface area contributed by atoms with E-state index in [0.29, 0.717) is 22.8 Å². The second-order valence-electron chi connectivity index (χ2n) is 5.44. The van der Waals surface area contributed by atoms with E-state index in [4.69, 9.17) is 17.3 Å². The Kier molecular flexibility index (Phi) is 8.91. The summed E-state index contributed by atoms with van der Waals surface area (Å²) < 4.78 is 0. The number of carbonyl (C=O) groups excluding carboxylic acids is 1. The van der Waals surface area contributed by atoms with Crippen LogP contribution in [-0.4, -0.2) is 12.5 Å². The third-order valence-corrected chi connectivity index (χ3v) is 4.01. The van der Waals surface area contributed by atoms with Crippen molar-refractivity contribution >= 4 is 23.2 Å². The van der Waals surface area contributed by atoms with Crippen LogP contribution in [-0.2, 0) is 0 Å². The summed E-state index contributed by atoms with van der Waals surface area (Å²) in [5.41, 5.74) is 6.59. The highest BCUT2D eigenvalue weighted by Gasteiger charge is 2.11. The molecule has 0 aliphatic carbocycles. The molecule has 1 aromatic carbocycles. The van der Waals surface area contributed by atoms with Gasteiger partial charge in [0.25, 0.3) is 5.91 Å². The van der Waals surface area contributed by atoms with E-state index in [9.17, 15) is 4.79 Å². The van der Waals surface area contributed by atoms with Gasteiger partial charge in [-0.25, -0.2) is 0 Å². The van der Waals surface area contributed by atoms with Crippen molar-refractivity contribution in [2.45, 2.75) is 58.3 Å². The summed E-state index contributed by atoms with van der Waals surface area (Å²) in [5, 5.41) is 3.24. The highest BCUT2D eigenvalue weighted by Crippen LogP contribution is 2.22. The fourth-order valence-electron chi connectivity index (χ4n) is 2.28. The molecule has 4 heteroatoms. The van der Waals surface area contributed by atoms with Crippen molar-refractivity contribution in [3.63, 3.8) is 0 Å². The smallest absolute Gasteiger partial charge is 0.252 e. The summed E-state index contributed by atoms with van der Waals surface area (Å²) in [7, 11) is 0.